The van der Waals surface area contributed by atoms with Crippen molar-refractivity contribution in [3.05, 3.63) is 59.3 Å². The van der Waals surface area contributed by atoms with Crippen LogP contribution >= 0.6 is 0 Å². The molecule has 2 N–H and O–H groups in total. The zero-order valence-corrected chi connectivity index (χ0v) is 19.3. The molecule has 4 rings (SSSR count). The maximum Gasteiger partial charge on any atom is 0.262 e. The van der Waals surface area contributed by atoms with E-state index in [9.17, 15) is 26.8 Å². The van der Waals surface area contributed by atoms with E-state index in [-0.39, 0.29) is 35.4 Å². The van der Waals surface area contributed by atoms with Gasteiger partial charge in [0.05, 0.1) is 16.3 Å². The molecule has 1 aromatic heterocycles. The molecule has 0 radical (unpaired) electrons. The van der Waals surface area contributed by atoms with Crippen molar-refractivity contribution in [2.24, 2.45) is 0 Å². The Labute approximate surface area is 195 Å². The van der Waals surface area contributed by atoms with E-state index in [4.69, 9.17) is 0 Å². The SMILES string of the molecule is CCCc1nn2c(c1-c1ccc(C)c(S(=O)(=O)Nc3ccc(F)cc3F)c1)NC(=O)CCC2=O. The lowest BCUT2D eigenvalue weighted by Crippen LogP contribution is -2.15. The van der Waals surface area contributed by atoms with Crippen molar-refractivity contribution in [2.45, 2.75) is 44.4 Å². The molecule has 11 heteroatoms. The summed E-state index contributed by atoms with van der Waals surface area (Å²) in [6.45, 7) is 3.51. The minimum absolute atomic E-state index is 0.00615. The molecule has 0 saturated heterocycles. The van der Waals surface area contributed by atoms with Crippen molar-refractivity contribution in [3.63, 3.8) is 0 Å². The van der Waals surface area contributed by atoms with Gasteiger partial charge in [-0.15, -0.1) is 0 Å². The summed E-state index contributed by atoms with van der Waals surface area (Å²) in [5.74, 6) is -2.37. The second kappa shape index (κ2) is 8.98. The number of nitrogens with one attached hydrogen (secondary N) is 2. The summed E-state index contributed by atoms with van der Waals surface area (Å²) in [4.78, 5) is 24.6. The largest absolute Gasteiger partial charge is 0.310 e. The van der Waals surface area contributed by atoms with E-state index >= 15 is 0 Å². The molecule has 1 aliphatic heterocycles. The van der Waals surface area contributed by atoms with Crippen LogP contribution in [0.3, 0.4) is 0 Å². The Morgan fingerprint density at radius 1 is 1.12 bits per heavy atom. The Hall–Kier alpha value is -3.60. The second-order valence-electron chi connectivity index (χ2n) is 7.98. The number of sulfonamides is 1. The molecule has 2 aromatic carbocycles. The Morgan fingerprint density at radius 2 is 1.88 bits per heavy atom. The van der Waals surface area contributed by atoms with Crippen LogP contribution in [-0.2, 0) is 21.2 Å². The van der Waals surface area contributed by atoms with Gasteiger partial charge in [0, 0.05) is 24.5 Å². The fraction of sp³-hybridized carbons (Fsp3) is 0.261. The third-order valence-electron chi connectivity index (χ3n) is 5.45. The van der Waals surface area contributed by atoms with Gasteiger partial charge in [-0.05, 0) is 42.7 Å². The van der Waals surface area contributed by atoms with Gasteiger partial charge < -0.3 is 5.32 Å². The van der Waals surface area contributed by atoms with Crippen LogP contribution in [0.4, 0.5) is 20.3 Å². The Bertz CT molecular complexity index is 1420. The average molecular weight is 489 g/mol. The van der Waals surface area contributed by atoms with Crippen molar-refractivity contribution < 1.29 is 26.8 Å². The number of rotatable bonds is 6. The molecule has 0 bridgehead atoms. The first-order valence-corrected chi connectivity index (χ1v) is 12.1. The summed E-state index contributed by atoms with van der Waals surface area (Å²) in [5, 5.41) is 7.11. The highest BCUT2D eigenvalue weighted by Crippen LogP contribution is 2.36. The number of fused-ring (bicyclic) bond motifs is 1. The van der Waals surface area contributed by atoms with E-state index < -0.39 is 27.3 Å². The fourth-order valence-corrected chi connectivity index (χ4v) is 5.15. The van der Waals surface area contributed by atoms with Crippen molar-refractivity contribution in [1.29, 1.82) is 0 Å². The summed E-state index contributed by atoms with van der Waals surface area (Å²) in [6, 6.07) is 7.16. The molecule has 0 fully saturated rings. The molecule has 0 spiro atoms. The van der Waals surface area contributed by atoms with Gasteiger partial charge in [0.1, 0.15) is 17.5 Å². The monoisotopic (exact) mass is 488 g/mol. The summed E-state index contributed by atoms with van der Waals surface area (Å²) in [7, 11) is -4.26. The minimum atomic E-state index is -4.26. The molecule has 0 unspecified atom stereocenters. The topological polar surface area (TPSA) is 110 Å². The Morgan fingerprint density at radius 3 is 2.59 bits per heavy atom. The smallest absolute Gasteiger partial charge is 0.262 e. The van der Waals surface area contributed by atoms with Crippen LogP contribution < -0.4 is 10.0 Å². The molecule has 8 nitrogen and oxygen atoms in total. The van der Waals surface area contributed by atoms with Crippen molar-refractivity contribution in [2.75, 3.05) is 10.0 Å². The summed E-state index contributed by atoms with van der Waals surface area (Å²) < 4.78 is 56.9. The number of aromatic nitrogens is 2. The molecule has 0 aliphatic carbocycles. The molecule has 3 aromatic rings. The molecule has 2 heterocycles. The van der Waals surface area contributed by atoms with E-state index in [1.54, 1.807) is 19.1 Å². The normalized spacial score (nSPS) is 13.9. The lowest BCUT2D eigenvalue weighted by Gasteiger charge is -2.14. The van der Waals surface area contributed by atoms with Crippen LogP contribution in [0.25, 0.3) is 11.1 Å². The first-order chi connectivity index (χ1) is 16.1. The zero-order valence-electron chi connectivity index (χ0n) is 18.5. The quantitative estimate of drug-likeness (QED) is 0.539. The van der Waals surface area contributed by atoms with Gasteiger partial charge in [-0.3, -0.25) is 14.3 Å². The maximum absolute atomic E-state index is 14.1. The molecule has 0 saturated carbocycles. The van der Waals surface area contributed by atoms with E-state index in [0.717, 1.165) is 16.8 Å². The first-order valence-electron chi connectivity index (χ1n) is 10.6. The fourth-order valence-electron chi connectivity index (χ4n) is 3.81. The van der Waals surface area contributed by atoms with Crippen molar-refractivity contribution in [1.82, 2.24) is 9.78 Å². The number of carbonyl (C=O) groups excluding carboxylic acids is 2. The number of aryl methyl sites for hydroxylation is 2. The number of anilines is 2. The number of amides is 1. The highest BCUT2D eigenvalue weighted by molar-refractivity contribution is 7.92. The molecule has 1 amide bonds. The van der Waals surface area contributed by atoms with Crippen LogP contribution in [0.1, 0.15) is 42.2 Å². The second-order valence-corrected chi connectivity index (χ2v) is 9.63. The summed E-state index contributed by atoms with van der Waals surface area (Å²) in [5.41, 5.74) is 1.40. The summed E-state index contributed by atoms with van der Waals surface area (Å²) in [6.07, 6.45) is 1.22. The van der Waals surface area contributed by atoms with E-state index in [0.29, 0.717) is 41.3 Å². The average Bonchev–Trinajstić information content (AvgIpc) is 3.05. The summed E-state index contributed by atoms with van der Waals surface area (Å²) >= 11 is 0. The Kier molecular flexibility index (Phi) is 6.22. The predicted molar refractivity (Wildman–Crippen MR) is 122 cm³/mol. The van der Waals surface area contributed by atoms with Crippen LogP contribution in [0.15, 0.2) is 41.3 Å². The zero-order chi connectivity index (χ0) is 24.6. The third kappa shape index (κ3) is 4.43. The van der Waals surface area contributed by atoms with Crippen LogP contribution in [0, 0.1) is 18.6 Å². The molecular weight excluding hydrogens is 466 g/mol. The molecular formula is C23H22F2N4O4S. The lowest BCUT2D eigenvalue weighted by molar-refractivity contribution is -0.116. The molecule has 0 atom stereocenters. The van der Waals surface area contributed by atoms with Gasteiger partial charge in [0.25, 0.3) is 10.0 Å². The number of halogens is 2. The number of carbonyl (C=O) groups is 2. The first kappa shape index (κ1) is 23.6. The van der Waals surface area contributed by atoms with Crippen LogP contribution in [-0.4, -0.2) is 30.0 Å². The van der Waals surface area contributed by atoms with Crippen molar-refractivity contribution in [3.8, 4) is 11.1 Å². The highest BCUT2D eigenvalue weighted by Gasteiger charge is 2.28. The van der Waals surface area contributed by atoms with Gasteiger partial charge in [0.15, 0.2) is 0 Å². The van der Waals surface area contributed by atoms with Crippen molar-refractivity contribution >= 4 is 33.3 Å². The standard InChI is InChI=1S/C23H22F2N4O4S/c1-3-4-18-22(23-26-20(30)9-10-21(31)29(23)27-18)14-6-5-13(2)19(11-14)34(32,33)28-17-8-7-15(24)12-16(17)25/h5-8,11-12,28H,3-4,9-10H2,1-2H3,(H,26,30). The van der Waals surface area contributed by atoms with E-state index in [1.165, 1.54) is 6.07 Å². The van der Waals surface area contributed by atoms with E-state index in [1.807, 2.05) is 6.92 Å². The maximum atomic E-state index is 14.1. The Balaban J connectivity index is 1.84. The lowest BCUT2D eigenvalue weighted by atomic mass is 10.0. The van der Waals surface area contributed by atoms with E-state index in [2.05, 4.69) is 15.1 Å². The van der Waals surface area contributed by atoms with Gasteiger partial charge in [-0.2, -0.15) is 9.78 Å². The number of hydrogen-bond acceptors (Lipinski definition) is 5. The van der Waals surface area contributed by atoms with Gasteiger partial charge in [-0.1, -0.05) is 25.5 Å². The van der Waals surface area contributed by atoms with Crippen LogP contribution in [0.5, 0.6) is 0 Å². The number of hydrogen-bond donors (Lipinski definition) is 2. The van der Waals surface area contributed by atoms with Crippen LogP contribution in [0.2, 0.25) is 0 Å². The minimum Gasteiger partial charge on any atom is -0.310 e. The number of nitrogens with zero attached hydrogens (tertiary/aromatic N) is 2. The third-order valence-corrected chi connectivity index (χ3v) is 6.95. The van der Waals surface area contributed by atoms with Gasteiger partial charge in [0.2, 0.25) is 11.8 Å². The molecule has 178 valence electrons. The van der Waals surface area contributed by atoms with Gasteiger partial charge >= 0.3 is 0 Å². The number of benzene rings is 2. The molecule has 34 heavy (non-hydrogen) atoms. The molecule has 1 aliphatic rings. The predicted octanol–water partition coefficient (Wildman–Crippen LogP) is 4.26. The van der Waals surface area contributed by atoms with Gasteiger partial charge in [-0.25, -0.2) is 17.2 Å². The highest BCUT2D eigenvalue weighted by atomic mass is 32.2.